The SMILES string of the molecule is COc1ccccc1NNC(=O)C1CCCN1C(=O)N[C@@H](C)C(=O)O. The van der Waals surface area contributed by atoms with E-state index in [2.05, 4.69) is 16.2 Å². The average molecular weight is 350 g/mol. The van der Waals surface area contributed by atoms with Crippen molar-refractivity contribution < 1.29 is 24.2 Å². The Hall–Kier alpha value is -2.97. The molecule has 1 heterocycles. The van der Waals surface area contributed by atoms with Gasteiger partial charge in [-0.25, -0.2) is 4.79 Å². The van der Waals surface area contributed by atoms with E-state index in [0.717, 1.165) is 0 Å². The van der Waals surface area contributed by atoms with Gasteiger partial charge >= 0.3 is 12.0 Å². The third-order valence-electron chi connectivity index (χ3n) is 3.95. The summed E-state index contributed by atoms with van der Waals surface area (Å²) >= 11 is 0. The van der Waals surface area contributed by atoms with Crippen LogP contribution < -0.4 is 20.9 Å². The molecule has 0 spiro atoms. The van der Waals surface area contributed by atoms with Crippen molar-refractivity contribution in [3.63, 3.8) is 0 Å². The van der Waals surface area contributed by atoms with Crippen molar-refractivity contribution in [2.24, 2.45) is 0 Å². The van der Waals surface area contributed by atoms with E-state index < -0.39 is 24.1 Å². The maximum atomic E-state index is 12.4. The van der Waals surface area contributed by atoms with Gasteiger partial charge in [0.2, 0.25) is 0 Å². The summed E-state index contributed by atoms with van der Waals surface area (Å²) in [5, 5.41) is 11.2. The fourth-order valence-electron chi connectivity index (χ4n) is 2.57. The summed E-state index contributed by atoms with van der Waals surface area (Å²) < 4.78 is 5.18. The van der Waals surface area contributed by atoms with E-state index in [1.807, 2.05) is 0 Å². The Bertz CT molecular complexity index is 651. The van der Waals surface area contributed by atoms with E-state index in [0.29, 0.717) is 30.8 Å². The number of carbonyl (C=O) groups excluding carboxylic acids is 2. The standard InChI is InChI=1S/C16H22N4O5/c1-10(15(22)23)17-16(24)20-9-5-7-12(20)14(21)19-18-11-6-3-4-8-13(11)25-2/h3-4,6,8,10,12,18H,5,7,9H2,1-2H3,(H,17,24)(H,19,21)(H,22,23)/t10-,12?/m0/s1. The Morgan fingerprint density at radius 2 is 2.04 bits per heavy atom. The van der Waals surface area contributed by atoms with E-state index >= 15 is 0 Å². The van der Waals surface area contributed by atoms with Crippen LogP contribution in [0.15, 0.2) is 24.3 Å². The minimum atomic E-state index is -1.13. The van der Waals surface area contributed by atoms with Gasteiger partial charge in [-0.15, -0.1) is 0 Å². The Labute approximate surface area is 145 Å². The summed E-state index contributed by atoms with van der Waals surface area (Å²) in [7, 11) is 1.52. The molecule has 1 fully saturated rings. The summed E-state index contributed by atoms with van der Waals surface area (Å²) in [5.41, 5.74) is 5.94. The largest absolute Gasteiger partial charge is 0.495 e. The third kappa shape index (κ3) is 4.52. The quantitative estimate of drug-likeness (QED) is 0.563. The highest BCUT2D eigenvalue weighted by atomic mass is 16.5. The molecule has 2 rings (SSSR count). The topological polar surface area (TPSA) is 120 Å². The maximum Gasteiger partial charge on any atom is 0.325 e. The molecule has 9 nitrogen and oxygen atoms in total. The first-order valence-electron chi connectivity index (χ1n) is 7.93. The van der Waals surface area contributed by atoms with Crippen molar-refractivity contribution in [2.75, 3.05) is 19.1 Å². The molecule has 9 heteroatoms. The molecule has 0 aliphatic carbocycles. The van der Waals surface area contributed by atoms with Gasteiger partial charge < -0.3 is 20.1 Å². The number of hydrazine groups is 1. The highest BCUT2D eigenvalue weighted by Crippen LogP contribution is 2.22. The van der Waals surface area contributed by atoms with Gasteiger partial charge in [0, 0.05) is 6.54 Å². The summed E-state index contributed by atoms with van der Waals surface area (Å²) in [6.07, 6.45) is 1.18. The fraction of sp³-hybridized carbons (Fsp3) is 0.438. The predicted octanol–water partition coefficient (Wildman–Crippen LogP) is 0.785. The first kappa shape index (κ1) is 18.4. The van der Waals surface area contributed by atoms with Crippen molar-refractivity contribution in [2.45, 2.75) is 31.8 Å². The number of nitrogens with one attached hydrogen (secondary N) is 3. The van der Waals surface area contributed by atoms with Gasteiger partial charge in [0.1, 0.15) is 17.8 Å². The number of carboxylic acid groups (broad SMARTS) is 1. The van der Waals surface area contributed by atoms with Gasteiger partial charge in [0.25, 0.3) is 5.91 Å². The number of hydrogen-bond acceptors (Lipinski definition) is 5. The normalized spacial score (nSPS) is 17.5. The number of hydrogen-bond donors (Lipinski definition) is 4. The second-order valence-corrected chi connectivity index (χ2v) is 5.68. The Morgan fingerprint density at radius 3 is 2.72 bits per heavy atom. The van der Waals surface area contributed by atoms with Crippen LogP contribution in [0, 0.1) is 0 Å². The smallest absolute Gasteiger partial charge is 0.325 e. The van der Waals surface area contributed by atoms with Gasteiger partial charge in [-0.2, -0.15) is 0 Å². The van der Waals surface area contributed by atoms with Gasteiger partial charge in [-0.3, -0.25) is 20.4 Å². The monoisotopic (exact) mass is 350 g/mol. The predicted molar refractivity (Wildman–Crippen MR) is 90.1 cm³/mol. The second kappa shape index (κ2) is 8.22. The molecule has 0 aromatic heterocycles. The van der Waals surface area contributed by atoms with Crippen LogP contribution >= 0.6 is 0 Å². The number of urea groups is 1. The maximum absolute atomic E-state index is 12.4. The van der Waals surface area contributed by atoms with E-state index in [1.54, 1.807) is 24.3 Å². The molecule has 136 valence electrons. The van der Waals surface area contributed by atoms with E-state index in [9.17, 15) is 14.4 Å². The molecule has 0 saturated carbocycles. The Morgan fingerprint density at radius 1 is 1.32 bits per heavy atom. The van der Waals surface area contributed by atoms with Crippen molar-refractivity contribution in [3.8, 4) is 5.75 Å². The first-order valence-corrected chi connectivity index (χ1v) is 7.93. The van der Waals surface area contributed by atoms with Gasteiger partial charge in [0.05, 0.1) is 12.8 Å². The summed E-state index contributed by atoms with van der Waals surface area (Å²) in [6.45, 7) is 1.76. The molecule has 1 saturated heterocycles. The van der Waals surface area contributed by atoms with Crippen LogP contribution in [0.3, 0.4) is 0 Å². The van der Waals surface area contributed by atoms with Crippen LogP contribution in [-0.4, -0.2) is 53.7 Å². The average Bonchev–Trinajstić information content (AvgIpc) is 3.09. The van der Waals surface area contributed by atoms with Crippen LogP contribution in [0.4, 0.5) is 10.5 Å². The van der Waals surface area contributed by atoms with Gasteiger partial charge in [-0.1, -0.05) is 12.1 Å². The summed E-state index contributed by atoms with van der Waals surface area (Å²) in [4.78, 5) is 36.8. The number of benzene rings is 1. The Kier molecular flexibility index (Phi) is 6.04. The third-order valence-corrected chi connectivity index (χ3v) is 3.95. The summed E-state index contributed by atoms with van der Waals surface area (Å²) in [5.74, 6) is -0.938. The summed E-state index contributed by atoms with van der Waals surface area (Å²) in [6, 6.07) is 4.83. The number of aliphatic carboxylic acids is 1. The fourth-order valence-corrected chi connectivity index (χ4v) is 2.57. The van der Waals surface area contributed by atoms with Crippen LogP contribution in [0.2, 0.25) is 0 Å². The molecule has 4 N–H and O–H groups in total. The molecule has 0 bridgehead atoms. The second-order valence-electron chi connectivity index (χ2n) is 5.68. The van der Waals surface area contributed by atoms with E-state index in [4.69, 9.17) is 9.84 Å². The van der Waals surface area contributed by atoms with Crippen molar-refractivity contribution in [3.05, 3.63) is 24.3 Å². The zero-order valence-corrected chi connectivity index (χ0v) is 14.1. The number of para-hydroxylation sites is 2. The van der Waals surface area contributed by atoms with Gasteiger partial charge in [-0.05, 0) is 31.9 Å². The van der Waals surface area contributed by atoms with Crippen LogP contribution in [0.5, 0.6) is 5.75 Å². The van der Waals surface area contributed by atoms with Crippen LogP contribution in [-0.2, 0) is 9.59 Å². The molecule has 1 aliphatic heterocycles. The zero-order chi connectivity index (χ0) is 18.4. The number of likely N-dealkylation sites (tertiary alicyclic amines) is 1. The number of methoxy groups -OCH3 is 1. The van der Waals surface area contributed by atoms with E-state index in [-0.39, 0.29) is 5.91 Å². The molecule has 2 atom stereocenters. The highest BCUT2D eigenvalue weighted by molar-refractivity contribution is 5.89. The number of rotatable bonds is 6. The molecule has 0 radical (unpaired) electrons. The number of amides is 3. The molecule has 1 aliphatic rings. The number of anilines is 1. The lowest BCUT2D eigenvalue weighted by molar-refractivity contribution is -0.138. The lowest BCUT2D eigenvalue weighted by Crippen LogP contribution is -2.53. The molecule has 25 heavy (non-hydrogen) atoms. The Balaban J connectivity index is 1.96. The highest BCUT2D eigenvalue weighted by Gasteiger charge is 2.35. The van der Waals surface area contributed by atoms with Crippen molar-refractivity contribution >= 4 is 23.6 Å². The number of ether oxygens (including phenoxy) is 1. The minimum Gasteiger partial charge on any atom is -0.495 e. The van der Waals surface area contributed by atoms with E-state index in [1.165, 1.54) is 18.9 Å². The minimum absolute atomic E-state index is 0.374. The molecule has 1 aromatic rings. The van der Waals surface area contributed by atoms with Gasteiger partial charge in [0.15, 0.2) is 0 Å². The molecule has 1 aromatic carbocycles. The van der Waals surface area contributed by atoms with Crippen LogP contribution in [0.25, 0.3) is 0 Å². The van der Waals surface area contributed by atoms with Crippen LogP contribution in [0.1, 0.15) is 19.8 Å². The first-order chi connectivity index (χ1) is 11.9. The molecular weight excluding hydrogens is 328 g/mol. The molecule has 1 unspecified atom stereocenters. The molecular formula is C16H22N4O5. The zero-order valence-electron chi connectivity index (χ0n) is 14.1. The number of carbonyl (C=O) groups is 3. The number of nitrogens with zero attached hydrogens (tertiary/aromatic N) is 1. The van der Waals surface area contributed by atoms with Crippen molar-refractivity contribution in [1.82, 2.24) is 15.6 Å². The lowest BCUT2D eigenvalue weighted by atomic mass is 10.2. The lowest BCUT2D eigenvalue weighted by Gasteiger charge is -2.25. The number of carboxylic acids is 1. The van der Waals surface area contributed by atoms with Crippen molar-refractivity contribution in [1.29, 1.82) is 0 Å². The molecule has 3 amide bonds.